The van der Waals surface area contributed by atoms with Gasteiger partial charge in [0.25, 0.3) is 0 Å². The molecule has 1 aliphatic rings. The van der Waals surface area contributed by atoms with E-state index in [0.29, 0.717) is 0 Å². The summed E-state index contributed by atoms with van der Waals surface area (Å²) in [5, 5.41) is 8.64. The van der Waals surface area contributed by atoms with Crippen molar-refractivity contribution in [2.45, 2.75) is 32.6 Å². The lowest BCUT2D eigenvalue weighted by molar-refractivity contribution is 0.839. The average molecular weight is 398 g/mol. The van der Waals surface area contributed by atoms with Crippen molar-refractivity contribution in [2.75, 3.05) is 6.54 Å². The number of nitrogens with zero attached hydrogens (tertiary/aromatic N) is 5. The van der Waals surface area contributed by atoms with Gasteiger partial charge >= 0.3 is 0 Å². The lowest BCUT2D eigenvalue weighted by Crippen LogP contribution is -1.96. The zero-order valence-electron chi connectivity index (χ0n) is 17.7. The molecule has 0 saturated carbocycles. The summed E-state index contributed by atoms with van der Waals surface area (Å²) in [6.45, 7) is 6.94. The average Bonchev–Trinajstić information content (AvgIpc) is 2.97. The van der Waals surface area contributed by atoms with Gasteiger partial charge in [0.05, 0.1) is 30.0 Å². The number of hydrogen-bond acceptors (Lipinski definition) is 4. The second-order valence-corrected chi connectivity index (χ2v) is 7.55. The standard InChI is InChI=1S/C25H27N5/c1-4-8-19-15-21(11-10-18(19)5-2)25-24(27-17-30(25)3)23-16-20(12-14-26-23)22-9-6-7-13-28-29-22/h5,9-12,14-17H,2,4,6-8,13H2,1,3H3. The first-order valence-corrected chi connectivity index (χ1v) is 10.5. The minimum Gasteiger partial charge on any atom is -0.333 e. The molecule has 3 aromatic rings. The molecule has 0 spiro atoms. The summed E-state index contributed by atoms with van der Waals surface area (Å²) in [7, 11) is 2.03. The molecule has 0 N–H and O–H groups in total. The third-order valence-electron chi connectivity index (χ3n) is 5.37. The number of rotatable bonds is 6. The Labute approximate surface area is 177 Å². The Morgan fingerprint density at radius 2 is 2.03 bits per heavy atom. The molecule has 1 aromatic carbocycles. The van der Waals surface area contributed by atoms with Crippen molar-refractivity contribution in [3.63, 3.8) is 0 Å². The summed E-state index contributed by atoms with van der Waals surface area (Å²) >= 11 is 0. The van der Waals surface area contributed by atoms with Gasteiger partial charge in [0.15, 0.2) is 0 Å². The molecule has 0 fully saturated rings. The summed E-state index contributed by atoms with van der Waals surface area (Å²) in [5.74, 6) is 0. The molecule has 0 amide bonds. The van der Waals surface area contributed by atoms with Gasteiger partial charge in [-0.1, -0.05) is 44.2 Å². The Morgan fingerprint density at radius 3 is 2.87 bits per heavy atom. The molecule has 0 unspecified atom stereocenters. The minimum atomic E-state index is 0.781. The van der Waals surface area contributed by atoms with Crippen molar-refractivity contribution in [1.82, 2.24) is 14.5 Å². The normalized spacial score (nSPS) is 13.7. The second-order valence-electron chi connectivity index (χ2n) is 7.55. The first-order chi connectivity index (χ1) is 14.7. The molecular weight excluding hydrogens is 370 g/mol. The van der Waals surface area contributed by atoms with Gasteiger partial charge in [0.2, 0.25) is 0 Å². The van der Waals surface area contributed by atoms with Gasteiger partial charge < -0.3 is 4.57 Å². The molecule has 3 heterocycles. The van der Waals surface area contributed by atoms with Crippen LogP contribution < -0.4 is 0 Å². The minimum absolute atomic E-state index is 0.781. The quantitative estimate of drug-likeness (QED) is 0.488. The number of benzene rings is 1. The molecule has 0 saturated heterocycles. The number of allylic oxidation sites excluding steroid dienone is 1. The van der Waals surface area contributed by atoms with Gasteiger partial charge in [0, 0.05) is 24.4 Å². The van der Waals surface area contributed by atoms with Crippen LogP contribution in [0.5, 0.6) is 0 Å². The highest BCUT2D eigenvalue weighted by molar-refractivity contribution is 5.79. The number of pyridine rings is 1. The maximum Gasteiger partial charge on any atom is 0.115 e. The van der Waals surface area contributed by atoms with Crippen LogP contribution >= 0.6 is 0 Å². The molecular formula is C25H27N5. The van der Waals surface area contributed by atoms with E-state index >= 15 is 0 Å². The summed E-state index contributed by atoms with van der Waals surface area (Å²) < 4.78 is 2.06. The van der Waals surface area contributed by atoms with Crippen molar-refractivity contribution < 1.29 is 0 Å². The zero-order valence-corrected chi connectivity index (χ0v) is 17.7. The smallest absolute Gasteiger partial charge is 0.115 e. The van der Waals surface area contributed by atoms with Crippen LogP contribution in [0.1, 0.15) is 42.9 Å². The van der Waals surface area contributed by atoms with E-state index in [-0.39, 0.29) is 0 Å². The van der Waals surface area contributed by atoms with E-state index in [1.54, 1.807) is 0 Å². The molecule has 2 aromatic heterocycles. The number of imidazole rings is 1. The zero-order chi connectivity index (χ0) is 20.9. The fraction of sp³-hybridized carbons (Fsp3) is 0.280. The first kappa shape index (κ1) is 20.0. The Hall–Kier alpha value is -3.34. The SMILES string of the molecule is C=Cc1ccc(-c2c(-c3cc(C4=CCCCN=N4)ccn3)ncn2C)cc1CCC. The molecule has 0 bridgehead atoms. The van der Waals surface area contributed by atoms with Crippen LogP contribution in [-0.4, -0.2) is 21.1 Å². The van der Waals surface area contributed by atoms with Crippen molar-refractivity contribution >= 4 is 11.8 Å². The molecule has 152 valence electrons. The van der Waals surface area contributed by atoms with Crippen LogP contribution in [0.4, 0.5) is 0 Å². The number of aromatic nitrogens is 3. The molecule has 0 atom stereocenters. The van der Waals surface area contributed by atoms with Crippen molar-refractivity contribution in [2.24, 2.45) is 17.3 Å². The van der Waals surface area contributed by atoms with Gasteiger partial charge in [-0.15, -0.1) is 0 Å². The van der Waals surface area contributed by atoms with Crippen LogP contribution in [0.25, 0.3) is 34.4 Å². The number of aryl methyl sites for hydroxylation is 2. The van der Waals surface area contributed by atoms with Gasteiger partial charge in [-0.25, -0.2) is 4.98 Å². The van der Waals surface area contributed by atoms with Crippen LogP contribution in [0.2, 0.25) is 0 Å². The van der Waals surface area contributed by atoms with Gasteiger partial charge in [-0.3, -0.25) is 4.98 Å². The maximum absolute atomic E-state index is 4.69. The Bertz CT molecular complexity index is 1120. The van der Waals surface area contributed by atoms with Crippen molar-refractivity contribution in [3.8, 4) is 22.6 Å². The molecule has 0 radical (unpaired) electrons. The maximum atomic E-state index is 4.69. The molecule has 4 rings (SSSR count). The summed E-state index contributed by atoms with van der Waals surface area (Å²) in [6, 6.07) is 10.6. The second kappa shape index (κ2) is 8.99. The lowest BCUT2D eigenvalue weighted by atomic mass is 9.97. The monoisotopic (exact) mass is 397 g/mol. The highest BCUT2D eigenvalue weighted by Crippen LogP contribution is 2.33. The van der Waals surface area contributed by atoms with E-state index in [0.717, 1.165) is 66.1 Å². The molecule has 5 nitrogen and oxygen atoms in total. The van der Waals surface area contributed by atoms with E-state index in [4.69, 9.17) is 4.98 Å². The van der Waals surface area contributed by atoms with Crippen LogP contribution in [0.15, 0.2) is 65.7 Å². The molecule has 30 heavy (non-hydrogen) atoms. The molecule has 5 heteroatoms. The van der Waals surface area contributed by atoms with Crippen molar-refractivity contribution in [1.29, 1.82) is 0 Å². The predicted molar refractivity (Wildman–Crippen MR) is 123 cm³/mol. The van der Waals surface area contributed by atoms with Gasteiger partial charge in [-0.05, 0) is 48.6 Å². The molecule has 1 aliphatic heterocycles. The third kappa shape index (κ3) is 4.01. The van der Waals surface area contributed by atoms with E-state index < -0.39 is 0 Å². The van der Waals surface area contributed by atoms with Crippen LogP contribution in [0, 0.1) is 0 Å². The number of hydrogen-bond donors (Lipinski definition) is 0. The fourth-order valence-corrected chi connectivity index (χ4v) is 3.86. The third-order valence-corrected chi connectivity index (χ3v) is 5.37. The topological polar surface area (TPSA) is 55.4 Å². The van der Waals surface area contributed by atoms with E-state index in [1.165, 1.54) is 11.1 Å². The summed E-state index contributed by atoms with van der Waals surface area (Å²) in [6.07, 6.45) is 11.9. The van der Waals surface area contributed by atoms with Gasteiger partial charge in [-0.2, -0.15) is 10.2 Å². The first-order valence-electron chi connectivity index (χ1n) is 10.5. The fourth-order valence-electron chi connectivity index (χ4n) is 3.86. The number of azo groups is 1. The van der Waals surface area contributed by atoms with Crippen LogP contribution in [-0.2, 0) is 13.5 Å². The lowest BCUT2D eigenvalue weighted by Gasteiger charge is -2.11. The Balaban J connectivity index is 1.79. The highest BCUT2D eigenvalue weighted by Gasteiger charge is 2.17. The predicted octanol–water partition coefficient (Wildman–Crippen LogP) is 6.33. The van der Waals surface area contributed by atoms with E-state index in [1.807, 2.05) is 31.7 Å². The van der Waals surface area contributed by atoms with Crippen LogP contribution in [0.3, 0.4) is 0 Å². The van der Waals surface area contributed by atoms with Gasteiger partial charge in [0.1, 0.15) is 5.69 Å². The summed E-state index contributed by atoms with van der Waals surface area (Å²) in [5.41, 5.74) is 8.35. The Kier molecular flexibility index (Phi) is 5.98. The van der Waals surface area contributed by atoms with E-state index in [2.05, 4.69) is 63.6 Å². The highest BCUT2D eigenvalue weighted by atomic mass is 15.1. The summed E-state index contributed by atoms with van der Waals surface area (Å²) in [4.78, 5) is 9.32. The Morgan fingerprint density at radius 1 is 1.13 bits per heavy atom. The van der Waals surface area contributed by atoms with E-state index in [9.17, 15) is 0 Å². The van der Waals surface area contributed by atoms with Crippen molar-refractivity contribution in [3.05, 3.63) is 72.2 Å². The molecule has 0 aliphatic carbocycles. The largest absolute Gasteiger partial charge is 0.333 e.